The molecule has 0 saturated carbocycles. The summed E-state index contributed by atoms with van der Waals surface area (Å²) >= 11 is 12.0. The minimum Gasteiger partial charge on any atom is -0.492 e. The summed E-state index contributed by atoms with van der Waals surface area (Å²) in [6.45, 7) is 1.50. The van der Waals surface area contributed by atoms with E-state index in [2.05, 4.69) is 10.6 Å². The highest BCUT2D eigenvalue weighted by molar-refractivity contribution is 6.35. The first-order valence-corrected chi connectivity index (χ1v) is 12.4. The Labute approximate surface area is 225 Å². The molecule has 0 radical (unpaired) electrons. The van der Waals surface area contributed by atoms with Gasteiger partial charge in [0.05, 0.1) is 18.0 Å². The number of halogens is 6. The molecule has 1 saturated heterocycles. The second-order valence-corrected chi connectivity index (χ2v) is 9.81. The van der Waals surface area contributed by atoms with Gasteiger partial charge in [0.2, 0.25) is 5.43 Å². The lowest BCUT2D eigenvalue weighted by atomic mass is 10.1. The summed E-state index contributed by atoms with van der Waals surface area (Å²) in [4.78, 5) is 27.9. The van der Waals surface area contributed by atoms with Crippen LogP contribution in [0.3, 0.4) is 0 Å². The monoisotopic (exact) mass is 574 g/mol. The van der Waals surface area contributed by atoms with Gasteiger partial charge in [-0.25, -0.2) is 4.39 Å². The Hall–Kier alpha value is -3.02. The molecule has 1 fully saturated rings. The molecule has 0 aliphatic carbocycles. The summed E-state index contributed by atoms with van der Waals surface area (Å²) in [5, 5.41) is 5.91. The second kappa shape index (κ2) is 11.0. The number of alkyl halides is 3. The van der Waals surface area contributed by atoms with E-state index in [0.29, 0.717) is 34.8 Å². The van der Waals surface area contributed by atoms with Gasteiger partial charge >= 0.3 is 6.18 Å². The number of carbonyl (C=O) groups is 1. The Balaban J connectivity index is 1.84. The van der Waals surface area contributed by atoms with E-state index in [0.717, 1.165) is 12.3 Å². The number of fused-ring (bicyclic) bond motifs is 1. The summed E-state index contributed by atoms with van der Waals surface area (Å²) in [6.07, 6.45) is -3.89. The third-order valence-corrected chi connectivity index (χ3v) is 6.77. The van der Waals surface area contributed by atoms with Crippen molar-refractivity contribution in [1.29, 1.82) is 0 Å². The predicted octanol–water partition coefficient (Wildman–Crippen LogP) is 4.75. The number of methoxy groups -OCH3 is 1. The first-order valence-electron chi connectivity index (χ1n) is 11.6. The maximum absolute atomic E-state index is 15.5. The van der Waals surface area contributed by atoms with Crippen LogP contribution in [0.5, 0.6) is 5.75 Å². The second-order valence-electron chi connectivity index (χ2n) is 8.97. The fourth-order valence-electron chi connectivity index (χ4n) is 4.53. The van der Waals surface area contributed by atoms with Gasteiger partial charge in [-0.3, -0.25) is 9.59 Å². The Bertz CT molecular complexity index is 1450. The maximum atomic E-state index is 15.5. The molecule has 2 aromatic carbocycles. The van der Waals surface area contributed by atoms with Gasteiger partial charge in [0.25, 0.3) is 5.91 Å². The summed E-state index contributed by atoms with van der Waals surface area (Å²) in [7, 11) is 1.20. The lowest BCUT2D eigenvalue weighted by Gasteiger charge is -2.35. The number of nitrogens with zero attached hydrogens (tertiary/aromatic N) is 2. The van der Waals surface area contributed by atoms with E-state index in [9.17, 15) is 22.8 Å². The first kappa shape index (κ1) is 28.0. The minimum absolute atomic E-state index is 0.0128. The van der Waals surface area contributed by atoms with Crippen molar-refractivity contribution in [1.82, 2.24) is 15.2 Å². The molecule has 3 aromatic rings. The van der Waals surface area contributed by atoms with Gasteiger partial charge in [-0.15, -0.1) is 0 Å². The summed E-state index contributed by atoms with van der Waals surface area (Å²) in [5.74, 6) is -2.00. The van der Waals surface area contributed by atoms with E-state index in [-0.39, 0.29) is 34.6 Å². The fourth-order valence-corrected chi connectivity index (χ4v) is 5.00. The van der Waals surface area contributed by atoms with Crippen LogP contribution in [0.15, 0.2) is 35.3 Å². The summed E-state index contributed by atoms with van der Waals surface area (Å²) in [5.41, 5.74) is -1.34. The minimum atomic E-state index is -4.71. The smallest absolute Gasteiger partial charge is 0.406 e. The molecule has 1 aromatic heterocycles. The van der Waals surface area contributed by atoms with E-state index in [1.54, 1.807) is 17.0 Å². The van der Waals surface area contributed by atoms with E-state index in [1.807, 2.05) is 6.92 Å². The lowest BCUT2D eigenvalue weighted by Crippen LogP contribution is -2.49. The van der Waals surface area contributed by atoms with Gasteiger partial charge in [-0.05, 0) is 30.7 Å². The van der Waals surface area contributed by atoms with Crippen molar-refractivity contribution >= 4 is 45.7 Å². The molecule has 204 valence electrons. The van der Waals surface area contributed by atoms with Crippen LogP contribution in [-0.4, -0.2) is 49.4 Å². The normalized spacial score (nSPS) is 16.1. The molecule has 13 heteroatoms. The molecule has 1 atom stereocenters. The number of anilines is 1. The quantitative estimate of drug-likeness (QED) is 0.416. The Kier molecular flexibility index (Phi) is 8.10. The number of aromatic nitrogens is 1. The molecule has 38 heavy (non-hydrogen) atoms. The number of hydrogen-bond donors (Lipinski definition) is 2. The highest BCUT2D eigenvalue weighted by atomic mass is 35.5. The van der Waals surface area contributed by atoms with Gasteiger partial charge < -0.3 is 24.8 Å². The molecule has 1 amide bonds. The Morgan fingerprint density at radius 2 is 2.00 bits per heavy atom. The third-order valence-electron chi connectivity index (χ3n) is 6.18. The van der Waals surface area contributed by atoms with Crippen LogP contribution in [0.2, 0.25) is 10.0 Å². The number of hydrogen-bond acceptors (Lipinski definition) is 5. The average molecular weight is 575 g/mol. The molecule has 7 nitrogen and oxygen atoms in total. The van der Waals surface area contributed by atoms with Gasteiger partial charge in [0.15, 0.2) is 11.6 Å². The molecule has 2 N–H and O–H groups in total. The van der Waals surface area contributed by atoms with Crippen molar-refractivity contribution < 1.29 is 27.1 Å². The van der Waals surface area contributed by atoms with Gasteiger partial charge in [0, 0.05) is 48.5 Å². The van der Waals surface area contributed by atoms with Crippen LogP contribution in [0, 0.1) is 5.82 Å². The van der Waals surface area contributed by atoms with Crippen LogP contribution < -0.4 is 25.7 Å². The number of ether oxygens (including phenoxy) is 1. The summed E-state index contributed by atoms with van der Waals surface area (Å²) < 4.78 is 62.4. The van der Waals surface area contributed by atoms with Crippen molar-refractivity contribution in [2.24, 2.45) is 0 Å². The standard InChI is InChI=1S/C25H24Cl2F4N4O3/c1-13-10-34(6-5-32-13)21-19(28)8-16-20(23(21)38-2)35(12-25(29,30)31)11-17(22(16)36)24(37)33-9-14-3-4-15(26)7-18(14)27/h3-4,7-8,11,13,32H,5-6,9-10,12H2,1-2H3,(H,33,37). The Morgan fingerprint density at radius 1 is 1.26 bits per heavy atom. The van der Waals surface area contributed by atoms with Crippen molar-refractivity contribution in [2.75, 3.05) is 31.6 Å². The van der Waals surface area contributed by atoms with Crippen LogP contribution >= 0.6 is 23.2 Å². The van der Waals surface area contributed by atoms with Crippen LogP contribution in [0.25, 0.3) is 10.9 Å². The van der Waals surface area contributed by atoms with Gasteiger partial charge in [0.1, 0.15) is 17.8 Å². The molecule has 2 heterocycles. The van der Waals surface area contributed by atoms with Crippen molar-refractivity contribution in [2.45, 2.75) is 32.2 Å². The number of piperazine rings is 1. The number of rotatable bonds is 6. The highest BCUT2D eigenvalue weighted by Gasteiger charge is 2.32. The zero-order chi connectivity index (χ0) is 27.8. The molecule has 0 spiro atoms. The van der Waals surface area contributed by atoms with Crippen molar-refractivity contribution in [3.8, 4) is 5.75 Å². The maximum Gasteiger partial charge on any atom is 0.406 e. The van der Waals surface area contributed by atoms with Crippen molar-refractivity contribution in [3.05, 3.63) is 67.7 Å². The van der Waals surface area contributed by atoms with Gasteiger partial charge in [-0.1, -0.05) is 29.3 Å². The Morgan fingerprint density at radius 3 is 2.63 bits per heavy atom. The fraction of sp³-hybridized carbons (Fsp3) is 0.360. The largest absolute Gasteiger partial charge is 0.492 e. The van der Waals surface area contributed by atoms with E-state index >= 15 is 4.39 Å². The zero-order valence-corrected chi connectivity index (χ0v) is 21.9. The topological polar surface area (TPSA) is 75.6 Å². The number of nitrogens with one attached hydrogen (secondary N) is 2. The number of carbonyl (C=O) groups excluding carboxylic acids is 1. The SMILES string of the molecule is COc1c(N2CCNC(C)C2)c(F)cc2c(=O)c(C(=O)NCc3ccc(Cl)cc3Cl)cn(CC(F)(F)F)c12. The molecular formula is C25H24Cl2F4N4O3. The van der Waals surface area contributed by atoms with Crippen LogP contribution in [-0.2, 0) is 13.1 Å². The van der Waals surface area contributed by atoms with Gasteiger partial charge in [-0.2, -0.15) is 13.2 Å². The molecular weight excluding hydrogens is 551 g/mol. The molecule has 1 aliphatic heterocycles. The lowest BCUT2D eigenvalue weighted by molar-refractivity contribution is -0.140. The third kappa shape index (κ3) is 5.84. The average Bonchev–Trinajstić information content (AvgIpc) is 2.83. The van der Waals surface area contributed by atoms with Crippen LogP contribution in [0.4, 0.5) is 23.2 Å². The van der Waals surface area contributed by atoms with E-state index < -0.39 is 40.8 Å². The van der Waals surface area contributed by atoms with E-state index in [4.69, 9.17) is 27.9 Å². The van der Waals surface area contributed by atoms with E-state index in [1.165, 1.54) is 13.2 Å². The predicted molar refractivity (Wildman–Crippen MR) is 138 cm³/mol. The molecule has 1 aliphatic rings. The number of benzene rings is 2. The zero-order valence-electron chi connectivity index (χ0n) is 20.4. The highest BCUT2D eigenvalue weighted by Crippen LogP contribution is 2.39. The molecule has 0 bridgehead atoms. The summed E-state index contributed by atoms with van der Waals surface area (Å²) in [6, 6.07) is 5.42. The first-order chi connectivity index (χ1) is 17.9. The van der Waals surface area contributed by atoms with Crippen molar-refractivity contribution in [3.63, 3.8) is 0 Å². The number of pyridine rings is 1. The number of amides is 1. The molecule has 4 rings (SSSR count). The van der Waals surface area contributed by atoms with Crippen LogP contribution in [0.1, 0.15) is 22.8 Å². The molecule has 1 unspecified atom stereocenters.